The van der Waals surface area contributed by atoms with Crippen molar-refractivity contribution in [1.82, 2.24) is 14.7 Å². The number of carbonyl (C=O) groups excluding carboxylic acids is 1. The molecule has 1 fully saturated rings. The van der Waals surface area contributed by atoms with Gasteiger partial charge < -0.3 is 14.4 Å². The van der Waals surface area contributed by atoms with E-state index in [1.165, 1.54) is 17.1 Å². The lowest BCUT2D eigenvalue weighted by atomic mass is 9.91. The normalized spacial score (nSPS) is 20.6. The van der Waals surface area contributed by atoms with Crippen molar-refractivity contribution in [3.8, 4) is 0 Å². The molecule has 3 heterocycles. The molecule has 0 aliphatic carbocycles. The number of furan rings is 1. The van der Waals surface area contributed by atoms with Gasteiger partial charge in [-0.15, -0.1) is 0 Å². The molecule has 2 aromatic heterocycles. The first-order chi connectivity index (χ1) is 12.0. The first-order valence-electron chi connectivity index (χ1n) is 8.61. The number of aromatic nitrogens is 2. The molecule has 1 amide bonds. The number of nitrogens with zero attached hydrogens (tertiary/aromatic N) is 3. The van der Waals surface area contributed by atoms with Gasteiger partial charge in [-0.2, -0.15) is 5.10 Å². The van der Waals surface area contributed by atoms with Crippen LogP contribution < -0.4 is 0 Å². The van der Waals surface area contributed by atoms with E-state index in [0.29, 0.717) is 12.5 Å². The average Bonchev–Trinajstić information content (AvgIpc) is 3.23. The van der Waals surface area contributed by atoms with Crippen LogP contribution in [-0.4, -0.2) is 38.2 Å². The molecule has 2 atom stereocenters. The second-order valence-corrected chi connectivity index (χ2v) is 6.62. The third kappa shape index (κ3) is 3.75. The highest BCUT2D eigenvalue weighted by atomic mass is 16.4. The maximum atomic E-state index is 12.8. The molecule has 3 rings (SSSR count). The van der Waals surface area contributed by atoms with Crippen LogP contribution in [0.5, 0.6) is 0 Å². The van der Waals surface area contributed by atoms with Crippen molar-refractivity contribution in [1.29, 1.82) is 0 Å². The molecule has 7 nitrogen and oxygen atoms in total. The van der Waals surface area contributed by atoms with Gasteiger partial charge in [-0.05, 0) is 30.9 Å². The minimum absolute atomic E-state index is 0.0273. The fraction of sp³-hybridized carbons (Fsp3) is 0.500. The molecule has 2 unspecified atom stereocenters. The molecule has 1 N–H and O–H groups in total. The van der Waals surface area contributed by atoms with Crippen molar-refractivity contribution in [2.45, 2.75) is 45.7 Å². The summed E-state index contributed by atoms with van der Waals surface area (Å²) in [6.45, 7) is 4.91. The summed E-state index contributed by atoms with van der Waals surface area (Å²) in [7, 11) is 0. The minimum Gasteiger partial charge on any atom is -0.478 e. The fourth-order valence-corrected chi connectivity index (χ4v) is 3.26. The third-order valence-electron chi connectivity index (χ3n) is 4.72. The number of amides is 1. The van der Waals surface area contributed by atoms with E-state index in [4.69, 9.17) is 9.52 Å². The molecule has 1 saturated heterocycles. The lowest BCUT2D eigenvalue weighted by Crippen LogP contribution is -2.42. The van der Waals surface area contributed by atoms with Crippen LogP contribution in [0.3, 0.4) is 0 Å². The first kappa shape index (κ1) is 17.3. The minimum atomic E-state index is -1.05. The number of likely N-dealkylation sites (tertiary alicyclic amines) is 1. The molecule has 0 bridgehead atoms. The Morgan fingerprint density at radius 3 is 2.84 bits per heavy atom. The number of carboxylic acid groups (broad SMARTS) is 1. The van der Waals surface area contributed by atoms with Gasteiger partial charge in [0.15, 0.2) is 0 Å². The van der Waals surface area contributed by atoms with Crippen molar-refractivity contribution in [3.63, 3.8) is 0 Å². The lowest BCUT2D eigenvalue weighted by Gasteiger charge is -2.37. The number of hydrogen-bond acceptors (Lipinski definition) is 4. The summed E-state index contributed by atoms with van der Waals surface area (Å²) in [5.74, 6) is 1.13. The second-order valence-electron chi connectivity index (χ2n) is 6.62. The van der Waals surface area contributed by atoms with E-state index in [-0.39, 0.29) is 24.1 Å². The highest BCUT2D eigenvalue weighted by Gasteiger charge is 2.33. The van der Waals surface area contributed by atoms with Gasteiger partial charge in [0.05, 0.1) is 17.8 Å². The van der Waals surface area contributed by atoms with Crippen molar-refractivity contribution in [2.24, 2.45) is 5.92 Å². The molecule has 25 heavy (non-hydrogen) atoms. The SMILES string of the molecule is CCc1ccc(C2CC(C)CCN2C(=O)Cn2cc(C(=O)O)cn2)o1. The number of carbonyl (C=O) groups is 2. The van der Waals surface area contributed by atoms with Crippen LogP contribution in [0, 0.1) is 5.92 Å². The number of carboxylic acids is 1. The van der Waals surface area contributed by atoms with Crippen LogP contribution in [-0.2, 0) is 17.8 Å². The van der Waals surface area contributed by atoms with Crippen LogP contribution >= 0.6 is 0 Å². The second kappa shape index (κ2) is 7.13. The smallest absolute Gasteiger partial charge is 0.338 e. The van der Waals surface area contributed by atoms with Gasteiger partial charge in [0.2, 0.25) is 5.91 Å². The predicted octanol–water partition coefficient (Wildman–Crippen LogP) is 2.74. The maximum Gasteiger partial charge on any atom is 0.338 e. The Hall–Kier alpha value is -2.57. The van der Waals surface area contributed by atoms with E-state index >= 15 is 0 Å². The zero-order chi connectivity index (χ0) is 18.0. The number of aryl methyl sites for hydroxylation is 1. The van der Waals surface area contributed by atoms with E-state index in [1.54, 1.807) is 0 Å². The zero-order valence-corrected chi connectivity index (χ0v) is 14.5. The number of aromatic carboxylic acids is 1. The summed E-state index contributed by atoms with van der Waals surface area (Å²) in [4.78, 5) is 25.6. The topological polar surface area (TPSA) is 88.6 Å². The summed E-state index contributed by atoms with van der Waals surface area (Å²) < 4.78 is 7.27. The molecule has 0 saturated carbocycles. The molecule has 134 valence electrons. The Balaban J connectivity index is 1.76. The van der Waals surface area contributed by atoms with Crippen molar-refractivity contribution < 1.29 is 19.1 Å². The summed E-state index contributed by atoms with van der Waals surface area (Å²) in [6.07, 6.45) is 5.27. The van der Waals surface area contributed by atoms with Crippen LogP contribution in [0.25, 0.3) is 0 Å². The third-order valence-corrected chi connectivity index (χ3v) is 4.72. The van der Waals surface area contributed by atoms with Crippen molar-refractivity contribution >= 4 is 11.9 Å². The Morgan fingerprint density at radius 2 is 2.20 bits per heavy atom. The van der Waals surface area contributed by atoms with Gasteiger partial charge in [-0.25, -0.2) is 4.79 Å². The molecule has 2 aromatic rings. The van der Waals surface area contributed by atoms with E-state index in [9.17, 15) is 9.59 Å². The standard InChI is InChI=1S/C18H23N3O4/c1-3-14-4-5-16(25-14)15-8-12(2)6-7-21(15)17(22)11-20-10-13(9-19-20)18(23)24/h4-5,9-10,12,15H,3,6-8,11H2,1-2H3,(H,23,24). The molecule has 1 aliphatic heterocycles. The quantitative estimate of drug-likeness (QED) is 0.900. The Kier molecular flexibility index (Phi) is 4.92. The fourth-order valence-electron chi connectivity index (χ4n) is 3.26. The largest absolute Gasteiger partial charge is 0.478 e. The van der Waals surface area contributed by atoms with Crippen LogP contribution in [0.15, 0.2) is 28.9 Å². The molecule has 7 heteroatoms. The van der Waals surface area contributed by atoms with E-state index in [1.807, 2.05) is 24.0 Å². The molecule has 0 spiro atoms. The molecule has 1 aliphatic rings. The van der Waals surface area contributed by atoms with E-state index in [0.717, 1.165) is 30.8 Å². The summed E-state index contributed by atoms with van der Waals surface area (Å²) in [6, 6.07) is 3.84. The molecular formula is C18H23N3O4. The van der Waals surface area contributed by atoms with E-state index < -0.39 is 5.97 Å². The molecule has 0 radical (unpaired) electrons. The van der Waals surface area contributed by atoms with E-state index in [2.05, 4.69) is 12.0 Å². The lowest BCUT2D eigenvalue weighted by molar-refractivity contribution is -0.137. The van der Waals surface area contributed by atoms with Crippen molar-refractivity contribution in [2.75, 3.05) is 6.54 Å². The monoisotopic (exact) mass is 345 g/mol. The van der Waals surface area contributed by atoms with Gasteiger partial charge >= 0.3 is 5.97 Å². The highest BCUT2D eigenvalue weighted by Crippen LogP contribution is 2.35. The van der Waals surface area contributed by atoms with Gasteiger partial charge in [-0.3, -0.25) is 9.48 Å². The van der Waals surface area contributed by atoms with Crippen LogP contribution in [0.4, 0.5) is 0 Å². The Labute approximate surface area is 146 Å². The first-order valence-corrected chi connectivity index (χ1v) is 8.61. The van der Waals surface area contributed by atoms with Gasteiger partial charge in [0, 0.05) is 19.2 Å². The van der Waals surface area contributed by atoms with Crippen LogP contribution in [0.2, 0.25) is 0 Å². The zero-order valence-electron chi connectivity index (χ0n) is 14.5. The summed E-state index contributed by atoms with van der Waals surface area (Å²) >= 11 is 0. The Morgan fingerprint density at radius 1 is 1.40 bits per heavy atom. The molecular weight excluding hydrogens is 322 g/mol. The van der Waals surface area contributed by atoms with Gasteiger partial charge in [0.25, 0.3) is 0 Å². The van der Waals surface area contributed by atoms with Crippen molar-refractivity contribution in [3.05, 3.63) is 41.6 Å². The van der Waals surface area contributed by atoms with Gasteiger partial charge in [-0.1, -0.05) is 13.8 Å². The Bertz CT molecular complexity index is 764. The maximum absolute atomic E-state index is 12.8. The van der Waals surface area contributed by atoms with Crippen LogP contribution in [0.1, 0.15) is 54.6 Å². The molecule has 0 aromatic carbocycles. The number of hydrogen-bond donors (Lipinski definition) is 1. The van der Waals surface area contributed by atoms with Gasteiger partial charge in [0.1, 0.15) is 18.1 Å². The highest BCUT2D eigenvalue weighted by molar-refractivity contribution is 5.87. The average molecular weight is 345 g/mol. The summed E-state index contributed by atoms with van der Waals surface area (Å²) in [5.41, 5.74) is 0.0789. The number of piperidine rings is 1. The predicted molar refractivity (Wildman–Crippen MR) is 90.1 cm³/mol. The number of rotatable bonds is 5. The summed E-state index contributed by atoms with van der Waals surface area (Å²) in [5, 5.41) is 12.9.